The van der Waals surface area contributed by atoms with Crippen LogP contribution in [0, 0.1) is 10.1 Å². The molecule has 3 aromatic carbocycles. The van der Waals surface area contributed by atoms with Gasteiger partial charge in [0.15, 0.2) is 0 Å². The minimum absolute atomic E-state index is 0.0985. The standard InChI is InChI=1S/C24H20N4O5/c1-16(18-10-12-21(29)13-11-18)26-27-24(31)22(25-23(30)19-7-3-2-4-8-19)15-17-6-5-9-20(14-17)28(32)33/h2-15,29H,1H3,(H,25,30)(H,27,31)/b22-15-,26-16+. The zero-order chi connectivity index (χ0) is 23.8. The van der Waals surface area contributed by atoms with Crippen LogP contribution < -0.4 is 10.7 Å². The molecule has 33 heavy (non-hydrogen) atoms. The Bertz CT molecular complexity index is 1240. The molecule has 0 aliphatic rings. The van der Waals surface area contributed by atoms with Crippen molar-refractivity contribution < 1.29 is 19.6 Å². The molecule has 0 fully saturated rings. The van der Waals surface area contributed by atoms with Gasteiger partial charge in [-0.3, -0.25) is 19.7 Å². The van der Waals surface area contributed by atoms with E-state index in [4.69, 9.17) is 0 Å². The lowest BCUT2D eigenvalue weighted by Crippen LogP contribution is -2.33. The Morgan fingerprint density at radius 1 is 0.970 bits per heavy atom. The van der Waals surface area contributed by atoms with Crippen molar-refractivity contribution in [2.75, 3.05) is 0 Å². The quantitative estimate of drug-likeness (QED) is 0.221. The van der Waals surface area contributed by atoms with Crippen molar-refractivity contribution in [3.63, 3.8) is 0 Å². The van der Waals surface area contributed by atoms with Crippen LogP contribution in [-0.4, -0.2) is 27.6 Å². The second kappa shape index (κ2) is 10.5. The lowest BCUT2D eigenvalue weighted by molar-refractivity contribution is -0.384. The first kappa shape index (κ1) is 22.9. The zero-order valence-corrected chi connectivity index (χ0v) is 17.6. The number of hydrogen-bond acceptors (Lipinski definition) is 6. The lowest BCUT2D eigenvalue weighted by Gasteiger charge is -2.10. The Hall–Kier alpha value is -4.79. The van der Waals surface area contributed by atoms with E-state index in [9.17, 15) is 24.8 Å². The van der Waals surface area contributed by atoms with E-state index >= 15 is 0 Å². The Morgan fingerprint density at radius 3 is 2.33 bits per heavy atom. The van der Waals surface area contributed by atoms with Gasteiger partial charge in [0, 0.05) is 17.7 Å². The Morgan fingerprint density at radius 2 is 1.67 bits per heavy atom. The summed E-state index contributed by atoms with van der Waals surface area (Å²) in [7, 11) is 0. The van der Waals surface area contributed by atoms with Gasteiger partial charge in [-0.05, 0) is 60.5 Å². The summed E-state index contributed by atoms with van der Waals surface area (Å²) < 4.78 is 0. The van der Waals surface area contributed by atoms with Gasteiger partial charge in [-0.2, -0.15) is 5.10 Å². The average Bonchev–Trinajstić information content (AvgIpc) is 2.83. The van der Waals surface area contributed by atoms with Crippen molar-refractivity contribution >= 4 is 29.3 Å². The van der Waals surface area contributed by atoms with Crippen LogP contribution in [0.25, 0.3) is 6.08 Å². The van der Waals surface area contributed by atoms with Gasteiger partial charge >= 0.3 is 0 Å². The number of phenols is 1. The Balaban J connectivity index is 1.88. The van der Waals surface area contributed by atoms with Gasteiger partial charge in [0.2, 0.25) is 0 Å². The highest BCUT2D eigenvalue weighted by molar-refractivity contribution is 6.06. The van der Waals surface area contributed by atoms with E-state index in [0.717, 1.165) is 0 Å². The van der Waals surface area contributed by atoms with Gasteiger partial charge in [-0.25, -0.2) is 5.43 Å². The molecule has 0 aromatic heterocycles. The predicted octanol–water partition coefficient (Wildman–Crippen LogP) is 3.61. The van der Waals surface area contributed by atoms with Crippen molar-refractivity contribution in [3.8, 4) is 5.75 Å². The number of nitrogens with one attached hydrogen (secondary N) is 2. The fraction of sp³-hybridized carbons (Fsp3) is 0.0417. The third-order valence-electron chi connectivity index (χ3n) is 4.53. The summed E-state index contributed by atoms with van der Waals surface area (Å²) >= 11 is 0. The van der Waals surface area contributed by atoms with Crippen LogP contribution in [0.4, 0.5) is 5.69 Å². The number of carbonyl (C=O) groups excluding carboxylic acids is 2. The summed E-state index contributed by atoms with van der Waals surface area (Å²) in [5.74, 6) is -1.15. The maximum Gasteiger partial charge on any atom is 0.287 e. The molecule has 0 saturated heterocycles. The highest BCUT2D eigenvalue weighted by Crippen LogP contribution is 2.16. The Labute approximate surface area is 189 Å². The van der Waals surface area contributed by atoms with Crippen LogP contribution in [0.15, 0.2) is 89.7 Å². The van der Waals surface area contributed by atoms with Gasteiger partial charge in [-0.15, -0.1) is 0 Å². The zero-order valence-electron chi connectivity index (χ0n) is 17.6. The van der Waals surface area contributed by atoms with Crippen LogP contribution in [-0.2, 0) is 4.79 Å². The van der Waals surface area contributed by atoms with E-state index in [1.54, 1.807) is 55.5 Å². The van der Waals surface area contributed by atoms with Crippen LogP contribution in [0.1, 0.15) is 28.4 Å². The Kier molecular flexibility index (Phi) is 7.28. The number of carbonyl (C=O) groups is 2. The van der Waals surface area contributed by atoms with Gasteiger partial charge < -0.3 is 10.4 Å². The summed E-state index contributed by atoms with van der Waals surface area (Å²) in [6.07, 6.45) is 1.33. The molecule has 0 atom stereocenters. The first-order valence-corrected chi connectivity index (χ1v) is 9.80. The monoisotopic (exact) mass is 444 g/mol. The smallest absolute Gasteiger partial charge is 0.287 e. The number of hydrogen-bond donors (Lipinski definition) is 3. The van der Waals surface area contributed by atoms with Crippen molar-refractivity contribution in [1.29, 1.82) is 0 Å². The number of hydrazone groups is 1. The number of non-ortho nitro benzene ring substituents is 1. The maximum atomic E-state index is 12.8. The number of rotatable bonds is 7. The molecular weight excluding hydrogens is 424 g/mol. The van der Waals surface area contributed by atoms with E-state index in [1.807, 2.05) is 0 Å². The first-order chi connectivity index (χ1) is 15.8. The molecule has 0 saturated carbocycles. The molecule has 0 heterocycles. The van der Waals surface area contributed by atoms with Gasteiger partial charge in [0.25, 0.3) is 17.5 Å². The fourth-order valence-corrected chi connectivity index (χ4v) is 2.80. The summed E-state index contributed by atoms with van der Waals surface area (Å²) in [6.45, 7) is 1.67. The minimum Gasteiger partial charge on any atom is -0.508 e. The van der Waals surface area contributed by atoms with Crippen LogP contribution in [0.2, 0.25) is 0 Å². The number of benzene rings is 3. The number of phenolic OH excluding ortho intramolecular Hbond substituents is 1. The van der Waals surface area contributed by atoms with Crippen molar-refractivity contribution in [2.24, 2.45) is 5.10 Å². The number of nitro benzene ring substituents is 1. The SMILES string of the molecule is C/C(=N\NC(=O)/C(=C/c1cccc([N+](=O)[O-])c1)NC(=O)c1ccccc1)c1ccc(O)cc1. The van der Waals surface area contributed by atoms with Crippen LogP contribution in [0.5, 0.6) is 5.75 Å². The molecule has 2 amide bonds. The number of amides is 2. The highest BCUT2D eigenvalue weighted by Gasteiger charge is 2.15. The highest BCUT2D eigenvalue weighted by atomic mass is 16.6. The molecule has 3 N–H and O–H groups in total. The van der Waals surface area contributed by atoms with E-state index in [-0.39, 0.29) is 17.1 Å². The van der Waals surface area contributed by atoms with Gasteiger partial charge in [0.1, 0.15) is 11.4 Å². The minimum atomic E-state index is -0.719. The van der Waals surface area contributed by atoms with Gasteiger partial charge in [-0.1, -0.05) is 30.3 Å². The molecule has 9 nitrogen and oxygen atoms in total. The molecule has 3 aromatic rings. The normalized spacial score (nSPS) is 11.5. The van der Waals surface area contributed by atoms with Crippen LogP contribution in [0.3, 0.4) is 0 Å². The topological polar surface area (TPSA) is 134 Å². The number of nitro groups is 1. The van der Waals surface area contributed by atoms with E-state index < -0.39 is 16.7 Å². The van der Waals surface area contributed by atoms with E-state index in [1.165, 1.54) is 36.4 Å². The van der Waals surface area contributed by atoms with Crippen molar-refractivity contribution in [1.82, 2.24) is 10.7 Å². The second-order valence-corrected chi connectivity index (χ2v) is 6.92. The number of aromatic hydroxyl groups is 1. The third kappa shape index (κ3) is 6.34. The number of nitrogens with zero attached hydrogens (tertiary/aromatic N) is 2. The fourth-order valence-electron chi connectivity index (χ4n) is 2.80. The van der Waals surface area contributed by atoms with Crippen molar-refractivity contribution in [2.45, 2.75) is 6.92 Å². The lowest BCUT2D eigenvalue weighted by atomic mass is 10.1. The van der Waals surface area contributed by atoms with Crippen LogP contribution >= 0.6 is 0 Å². The molecule has 0 bridgehead atoms. The summed E-state index contributed by atoms with van der Waals surface area (Å²) in [6, 6.07) is 20.2. The molecule has 166 valence electrons. The summed E-state index contributed by atoms with van der Waals surface area (Å²) in [4.78, 5) is 36.0. The second-order valence-electron chi connectivity index (χ2n) is 6.92. The molecule has 0 unspecified atom stereocenters. The average molecular weight is 444 g/mol. The molecule has 0 spiro atoms. The summed E-state index contributed by atoms with van der Waals surface area (Å²) in [5.41, 5.74) is 3.90. The molecule has 0 radical (unpaired) electrons. The third-order valence-corrected chi connectivity index (χ3v) is 4.53. The molecule has 0 aliphatic carbocycles. The predicted molar refractivity (Wildman–Crippen MR) is 123 cm³/mol. The molecular formula is C24H20N4O5. The maximum absolute atomic E-state index is 12.8. The molecule has 9 heteroatoms. The molecule has 0 aliphatic heterocycles. The summed E-state index contributed by atoms with van der Waals surface area (Å²) in [5, 5.41) is 27.1. The van der Waals surface area contributed by atoms with E-state index in [2.05, 4.69) is 15.8 Å². The van der Waals surface area contributed by atoms with Gasteiger partial charge in [0.05, 0.1) is 10.6 Å². The molecule has 3 rings (SSSR count). The van der Waals surface area contributed by atoms with E-state index in [0.29, 0.717) is 22.4 Å². The first-order valence-electron chi connectivity index (χ1n) is 9.80. The largest absolute Gasteiger partial charge is 0.508 e. The van der Waals surface area contributed by atoms with Crippen molar-refractivity contribution in [3.05, 3.63) is 111 Å².